The predicted octanol–water partition coefficient (Wildman–Crippen LogP) is 4.76. The SMILES string of the molecule is CC(C)([S])CC(=O)[C@H](CS)NC(=O)OCC1c2ccccc2-c2ccccc21. The minimum absolute atomic E-state index is 0.0186. The van der Waals surface area contributed by atoms with Crippen molar-refractivity contribution < 1.29 is 14.3 Å². The number of carbonyl (C=O) groups excluding carboxylic acids is 2. The molecule has 0 spiro atoms. The molecule has 28 heavy (non-hydrogen) atoms. The third-order valence-electron chi connectivity index (χ3n) is 4.81. The van der Waals surface area contributed by atoms with Gasteiger partial charge in [0.15, 0.2) is 5.78 Å². The zero-order chi connectivity index (χ0) is 20.3. The molecule has 2 aromatic rings. The maximum atomic E-state index is 12.3. The number of ether oxygens (including phenoxy) is 1. The summed E-state index contributed by atoms with van der Waals surface area (Å²) < 4.78 is 4.94. The minimum Gasteiger partial charge on any atom is -0.449 e. The van der Waals surface area contributed by atoms with Gasteiger partial charge in [-0.1, -0.05) is 61.2 Å². The van der Waals surface area contributed by atoms with Gasteiger partial charge < -0.3 is 10.1 Å². The normalized spacial score (nSPS) is 14.1. The number of carbonyl (C=O) groups is 2. The molecule has 0 aliphatic heterocycles. The van der Waals surface area contributed by atoms with Crippen LogP contribution in [0, 0.1) is 0 Å². The second-order valence-electron chi connectivity index (χ2n) is 7.61. The maximum Gasteiger partial charge on any atom is 0.407 e. The molecule has 0 bridgehead atoms. The average Bonchev–Trinajstić information content (AvgIpc) is 2.97. The molecule has 3 rings (SSSR count). The number of amides is 1. The fourth-order valence-electron chi connectivity index (χ4n) is 3.55. The summed E-state index contributed by atoms with van der Waals surface area (Å²) in [5.74, 6) is 0.0485. The van der Waals surface area contributed by atoms with Crippen molar-refractivity contribution in [3.63, 3.8) is 0 Å². The Bertz CT molecular complexity index is 831. The molecule has 0 unspecified atom stereocenters. The summed E-state index contributed by atoms with van der Waals surface area (Å²) in [6.07, 6.45) is -0.423. The standard InChI is InChI=1S/C22H24NO3S2/c1-22(2,28)11-20(24)19(13-27)23-21(25)26-12-18-16-9-5-3-7-14(16)15-8-4-6-10-17(15)18/h3-10,18-19,27H,11-13H2,1-2H3,(H,23,25)/t19-/m0/s1. The number of hydrogen-bond donors (Lipinski definition) is 2. The van der Waals surface area contributed by atoms with Crippen molar-refractivity contribution in [1.29, 1.82) is 0 Å². The van der Waals surface area contributed by atoms with Crippen LogP contribution in [-0.4, -0.2) is 35.0 Å². The van der Waals surface area contributed by atoms with Gasteiger partial charge in [0.2, 0.25) is 0 Å². The van der Waals surface area contributed by atoms with Gasteiger partial charge in [-0.2, -0.15) is 12.6 Å². The van der Waals surface area contributed by atoms with E-state index in [2.05, 4.69) is 42.2 Å². The smallest absolute Gasteiger partial charge is 0.407 e. The van der Waals surface area contributed by atoms with Crippen molar-refractivity contribution in [3.8, 4) is 11.1 Å². The van der Waals surface area contributed by atoms with Crippen molar-refractivity contribution in [2.45, 2.75) is 37.0 Å². The molecule has 1 aliphatic rings. The highest BCUT2D eigenvalue weighted by Gasteiger charge is 2.30. The van der Waals surface area contributed by atoms with E-state index in [1.807, 2.05) is 38.1 Å². The number of ketones is 1. The summed E-state index contributed by atoms with van der Waals surface area (Å²) in [5.41, 5.74) is 4.63. The Kier molecular flexibility index (Phi) is 6.40. The second kappa shape index (κ2) is 8.62. The molecular formula is C22H24NO3S2. The molecule has 1 radical (unpaired) electrons. The lowest BCUT2D eigenvalue weighted by Gasteiger charge is -2.21. The van der Waals surface area contributed by atoms with E-state index in [9.17, 15) is 9.59 Å². The zero-order valence-electron chi connectivity index (χ0n) is 16.0. The van der Waals surface area contributed by atoms with Gasteiger partial charge in [-0.25, -0.2) is 4.79 Å². The molecule has 1 amide bonds. The lowest BCUT2D eigenvalue weighted by molar-refractivity contribution is -0.120. The fraction of sp³-hybridized carbons (Fsp3) is 0.364. The van der Waals surface area contributed by atoms with Crippen LogP contribution in [0.2, 0.25) is 0 Å². The topological polar surface area (TPSA) is 55.4 Å². The van der Waals surface area contributed by atoms with Crippen LogP contribution in [0.25, 0.3) is 11.1 Å². The molecule has 1 atom stereocenters. The quantitative estimate of drug-likeness (QED) is 0.643. The fourth-order valence-corrected chi connectivity index (χ4v) is 3.99. The van der Waals surface area contributed by atoms with E-state index in [1.165, 1.54) is 11.1 Å². The monoisotopic (exact) mass is 414 g/mol. The number of rotatable bonds is 7. The number of alkyl carbamates (subject to hydrolysis) is 1. The Balaban J connectivity index is 1.65. The Morgan fingerprint density at radius 2 is 1.64 bits per heavy atom. The van der Waals surface area contributed by atoms with E-state index in [1.54, 1.807) is 0 Å². The number of benzene rings is 2. The summed E-state index contributed by atoms with van der Waals surface area (Å²) in [6.45, 7) is 3.83. The first kappa shape index (κ1) is 20.8. The molecule has 1 aliphatic carbocycles. The third kappa shape index (κ3) is 4.73. The van der Waals surface area contributed by atoms with E-state index in [-0.39, 0.29) is 30.5 Å². The predicted molar refractivity (Wildman–Crippen MR) is 117 cm³/mol. The lowest BCUT2D eigenvalue weighted by Crippen LogP contribution is -2.44. The first-order chi connectivity index (χ1) is 13.3. The molecule has 147 valence electrons. The van der Waals surface area contributed by atoms with Crippen LogP contribution in [-0.2, 0) is 9.53 Å². The molecular weight excluding hydrogens is 390 g/mol. The first-order valence-electron chi connectivity index (χ1n) is 9.25. The van der Waals surface area contributed by atoms with Crippen molar-refractivity contribution >= 4 is 37.1 Å². The highest BCUT2D eigenvalue weighted by Crippen LogP contribution is 2.44. The van der Waals surface area contributed by atoms with Crippen LogP contribution >= 0.6 is 25.3 Å². The summed E-state index contributed by atoms with van der Waals surface area (Å²) in [6, 6.07) is 15.6. The van der Waals surface area contributed by atoms with E-state index in [4.69, 9.17) is 17.4 Å². The number of fused-ring (bicyclic) bond motifs is 3. The molecule has 0 saturated carbocycles. The maximum absolute atomic E-state index is 12.3. The van der Waals surface area contributed by atoms with Crippen LogP contribution in [0.15, 0.2) is 48.5 Å². The van der Waals surface area contributed by atoms with E-state index < -0.39 is 16.9 Å². The lowest BCUT2D eigenvalue weighted by atomic mass is 9.98. The molecule has 0 fully saturated rings. The third-order valence-corrected chi connectivity index (χ3v) is 5.32. The highest BCUT2D eigenvalue weighted by atomic mass is 32.1. The Labute approximate surface area is 176 Å². The van der Waals surface area contributed by atoms with E-state index in [0.717, 1.165) is 11.1 Å². The molecule has 6 heteroatoms. The summed E-state index contributed by atoms with van der Waals surface area (Å²) in [7, 11) is 0. The van der Waals surface area contributed by atoms with Crippen molar-refractivity contribution in [2.75, 3.05) is 12.4 Å². The summed E-state index contributed by atoms with van der Waals surface area (Å²) in [4.78, 5) is 24.6. The van der Waals surface area contributed by atoms with Crippen molar-refractivity contribution in [2.24, 2.45) is 0 Å². The van der Waals surface area contributed by atoms with Crippen LogP contribution in [0.4, 0.5) is 4.79 Å². The molecule has 0 saturated heterocycles. The number of hydrogen-bond acceptors (Lipinski definition) is 4. The zero-order valence-corrected chi connectivity index (χ0v) is 17.7. The largest absolute Gasteiger partial charge is 0.449 e. The van der Waals surface area contributed by atoms with Crippen molar-refractivity contribution in [3.05, 3.63) is 59.7 Å². The van der Waals surface area contributed by atoms with Crippen LogP contribution in [0.3, 0.4) is 0 Å². The molecule has 4 nitrogen and oxygen atoms in total. The van der Waals surface area contributed by atoms with Gasteiger partial charge in [0.1, 0.15) is 6.61 Å². The van der Waals surface area contributed by atoms with Gasteiger partial charge in [0.25, 0.3) is 0 Å². The number of thiol groups is 1. The summed E-state index contributed by atoms with van der Waals surface area (Å²) in [5, 5.41) is 2.63. The Hall–Kier alpha value is -1.92. The Morgan fingerprint density at radius 3 is 2.14 bits per heavy atom. The number of nitrogens with one attached hydrogen (secondary N) is 1. The van der Waals surface area contributed by atoms with E-state index in [0.29, 0.717) is 0 Å². The van der Waals surface area contributed by atoms with E-state index >= 15 is 0 Å². The van der Waals surface area contributed by atoms with Gasteiger partial charge in [-0.05, 0) is 36.1 Å². The minimum atomic E-state index is -0.707. The van der Waals surface area contributed by atoms with Crippen molar-refractivity contribution in [1.82, 2.24) is 5.32 Å². The summed E-state index contributed by atoms with van der Waals surface area (Å²) >= 11 is 9.43. The van der Waals surface area contributed by atoms with Gasteiger partial charge in [0, 0.05) is 22.8 Å². The van der Waals surface area contributed by atoms with Crippen LogP contribution in [0.5, 0.6) is 0 Å². The Morgan fingerprint density at radius 1 is 1.11 bits per heavy atom. The average molecular weight is 415 g/mol. The second-order valence-corrected chi connectivity index (χ2v) is 9.08. The molecule has 2 aromatic carbocycles. The van der Waals surface area contributed by atoms with Gasteiger partial charge in [0.05, 0.1) is 6.04 Å². The van der Waals surface area contributed by atoms with Gasteiger partial charge in [-0.15, -0.1) is 0 Å². The molecule has 0 aromatic heterocycles. The van der Waals surface area contributed by atoms with Gasteiger partial charge in [-0.3, -0.25) is 4.79 Å². The van der Waals surface area contributed by atoms with Gasteiger partial charge >= 0.3 is 6.09 Å². The first-order valence-corrected chi connectivity index (χ1v) is 10.3. The number of Topliss-reactive ketones (excluding diaryl/α,β-unsaturated/α-hetero) is 1. The molecule has 0 heterocycles. The highest BCUT2D eigenvalue weighted by molar-refractivity contribution is 7.81. The van der Waals surface area contributed by atoms with Crippen LogP contribution in [0.1, 0.15) is 37.3 Å². The molecule has 1 N–H and O–H groups in total. The van der Waals surface area contributed by atoms with Crippen LogP contribution < -0.4 is 5.32 Å².